The number of anilines is 2. The van der Waals surface area contributed by atoms with Gasteiger partial charge in [-0.25, -0.2) is 14.8 Å². The lowest BCUT2D eigenvalue weighted by molar-refractivity contribution is 0.0698. The Morgan fingerprint density at radius 1 is 0.926 bits per heavy atom. The van der Waals surface area contributed by atoms with Crippen molar-refractivity contribution in [3.8, 4) is 11.3 Å². The average molecular weight is 355 g/mol. The maximum atomic E-state index is 11.5. The van der Waals surface area contributed by atoms with Crippen molar-refractivity contribution in [1.82, 2.24) is 9.97 Å². The summed E-state index contributed by atoms with van der Waals surface area (Å²) in [6, 6.07) is 22.6. The summed E-state index contributed by atoms with van der Waals surface area (Å²) in [6.45, 7) is 2.03. The molecule has 4 rings (SSSR count). The van der Waals surface area contributed by atoms with Crippen LogP contribution in [0.4, 0.5) is 11.6 Å². The number of nitrogens with zero attached hydrogens (tertiary/aromatic N) is 2. The molecule has 4 aromatic rings. The van der Waals surface area contributed by atoms with Crippen molar-refractivity contribution in [2.75, 3.05) is 5.32 Å². The summed E-state index contributed by atoms with van der Waals surface area (Å²) in [7, 11) is 0. The topological polar surface area (TPSA) is 75.1 Å². The van der Waals surface area contributed by atoms with Gasteiger partial charge in [0.2, 0.25) is 5.95 Å². The van der Waals surface area contributed by atoms with Gasteiger partial charge in [-0.2, -0.15) is 0 Å². The highest BCUT2D eigenvalue weighted by atomic mass is 16.4. The predicted molar refractivity (Wildman–Crippen MR) is 106 cm³/mol. The maximum Gasteiger partial charge on any atom is 0.337 e. The standard InChI is InChI=1S/C22H17N3O2/c1-14-11-12-19-17(13-14)20(15-7-3-2-4-8-15)25-22(24-19)23-18-10-6-5-9-16(18)21(26)27/h2-13H,1H3,(H,26,27)(H,23,24,25). The molecule has 0 aliphatic carbocycles. The molecule has 0 radical (unpaired) electrons. The third-order valence-corrected chi connectivity index (χ3v) is 4.30. The number of carbonyl (C=O) groups is 1. The molecule has 0 unspecified atom stereocenters. The molecule has 0 saturated heterocycles. The van der Waals surface area contributed by atoms with Crippen LogP contribution in [0.1, 0.15) is 15.9 Å². The quantitative estimate of drug-likeness (QED) is 0.536. The van der Waals surface area contributed by atoms with E-state index >= 15 is 0 Å². The zero-order valence-electron chi connectivity index (χ0n) is 14.7. The van der Waals surface area contributed by atoms with E-state index in [1.807, 2.05) is 49.4 Å². The molecule has 0 spiro atoms. The van der Waals surface area contributed by atoms with Crippen molar-refractivity contribution in [3.05, 3.63) is 83.9 Å². The van der Waals surface area contributed by atoms with Gasteiger partial charge in [0, 0.05) is 10.9 Å². The second-order valence-corrected chi connectivity index (χ2v) is 6.26. The summed E-state index contributed by atoms with van der Waals surface area (Å²) >= 11 is 0. The van der Waals surface area contributed by atoms with Crippen molar-refractivity contribution in [1.29, 1.82) is 0 Å². The van der Waals surface area contributed by atoms with E-state index in [1.54, 1.807) is 24.3 Å². The molecule has 0 saturated carbocycles. The smallest absolute Gasteiger partial charge is 0.337 e. The fourth-order valence-electron chi connectivity index (χ4n) is 3.01. The second-order valence-electron chi connectivity index (χ2n) is 6.26. The van der Waals surface area contributed by atoms with E-state index in [4.69, 9.17) is 4.98 Å². The summed E-state index contributed by atoms with van der Waals surface area (Å²) in [4.78, 5) is 20.7. The zero-order chi connectivity index (χ0) is 18.8. The maximum absolute atomic E-state index is 11.5. The van der Waals surface area contributed by atoms with Crippen molar-refractivity contribution >= 4 is 28.5 Å². The number of fused-ring (bicyclic) bond motifs is 1. The Labute approximate surface area is 156 Å². The number of aromatic carboxylic acids is 1. The van der Waals surface area contributed by atoms with Crippen LogP contribution in [0.25, 0.3) is 22.2 Å². The van der Waals surface area contributed by atoms with Crippen LogP contribution in [0, 0.1) is 6.92 Å². The largest absolute Gasteiger partial charge is 0.478 e. The SMILES string of the molecule is Cc1ccc2nc(Nc3ccccc3C(=O)O)nc(-c3ccccc3)c2c1. The Bertz CT molecular complexity index is 1140. The first-order chi connectivity index (χ1) is 13.1. The monoisotopic (exact) mass is 355 g/mol. The molecule has 132 valence electrons. The van der Waals surface area contributed by atoms with E-state index in [0.29, 0.717) is 11.6 Å². The second kappa shape index (κ2) is 6.88. The number of carboxylic acids is 1. The van der Waals surface area contributed by atoms with Crippen LogP contribution in [0.5, 0.6) is 0 Å². The van der Waals surface area contributed by atoms with E-state index in [2.05, 4.69) is 16.4 Å². The molecule has 5 heteroatoms. The number of aryl methyl sites for hydroxylation is 1. The lowest BCUT2D eigenvalue weighted by atomic mass is 10.0. The molecule has 0 atom stereocenters. The Hall–Kier alpha value is -3.73. The van der Waals surface area contributed by atoms with Crippen molar-refractivity contribution in [2.24, 2.45) is 0 Å². The van der Waals surface area contributed by atoms with E-state index < -0.39 is 5.97 Å². The fourth-order valence-corrected chi connectivity index (χ4v) is 3.01. The highest BCUT2D eigenvalue weighted by molar-refractivity contribution is 5.96. The molecule has 0 aliphatic rings. The van der Waals surface area contributed by atoms with Gasteiger partial charge in [-0.3, -0.25) is 0 Å². The molecule has 3 aromatic carbocycles. The van der Waals surface area contributed by atoms with E-state index in [-0.39, 0.29) is 5.56 Å². The summed E-state index contributed by atoms with van der Waals surface area (Å²) in [6.07, 6.45) is 0. The van der Waals surface area contributed by atoms with Gasteiger partial charge in [-0.15, -0.1) is 0 Å². The first kappa shape index (κ1) is 16.7. The van der Waals surface area contributed by atoms with Crippen molar-refractivity contribution in [3.63, 3.8) is 0 Å². The van der Waals surface area contributed by atoms with Gasteiger partial charge >= 0.3 is 5.97 Å². The Morgan fingerprint density at radius 2 is 1.67 bits per heavy atom. The average Bonchev–Trinajstić information content (AvgIpc) is 2.68. The first-order valence-corrected chi connectivity index (χ1v) is 8.55. The molecular weight excluding hydrogens is 338 g/mol. The molecule has 0 aliphatic heterocycles. The Morgan fingerprint density at radius 3 is 2.44 bits per heavy atom. The number of hydrogen-bond acceptors (Lipinski definition) is 4. The van der Waals surface area contributed by atoms with Crippen molar-refractivity contribution < 1.29 is 9.90 Å². The van der Waals surface area contributed by atoms with Crippen LogP contribution in [0.2, 0.25) is 0 Å². The third-order valence-electron chi connectivity index (χ3n) is 4.30. The Balaban J connectivity index is 1.88. The number of carboxylic acid groups (broad SMARTS) is 1. The predicted octanol–water partition coefficient (Wildman–Crippen LogP) is 5.05. The van der Waals surface area contributed by atoms with Crippen LogP contribution >= 0.6 is 0 Å². The molecule has 27 heavy (non-hydrogen) atoms. The van der Waals surface area contributed by atoms with Crippen LogP contribution in [0.15, 0.2) is 72.8 Å². The lowest BCUT2D eigenvalue weighted by Crippen LogP contribution is -2.05. The molecule has 0 bridgehead atoms. The van der Waals surface area contributed by atoms with Gasteiger partial charge in [-0.05, 0) is 31.2 Å². The normalized spacial score (nSPS) is 10.7. The van der Waals surface area contributed by atoms with Gasteiger partial charge in [0.1, 0.15) is 0 Å². The number of hydrogen-bond donors (Lipinski definition) is 2. The molecule has 1 heterocycles. The van der Waals surface area contributed by atoms with E-state index in [1.165, 1.54) is 0 Å². The Kier molecular flexibility index (Phi) is 4.26. The molecule has 0 fully saturated rings. The summed E-state index contributed by atoms with van der Waals surface area (Å²) < 4.78 is 0. The van der Waals surface area contributed by atoms with Crippen LogP contribution in [-0.2, 0) is 0 Å². The first-order valence-electron chi connectivity index (χ1n) is 8.55. The highest BCUT2D eigenvalue weighted by Gasteiger charge is 2.13. The van der Waals surface area contributed by atoms with Crippen LogP contribution in [0.3, 0.4) is 0 Å². The van der Waals surface area contributed by atoms with E-state index in [0.717, 1.165) is 27.7 Å². The molecule has 5 nitrogen and oxygen atoms in total. The van der Waals surface area contributed by atoms with Gasteiger partial charge in [0.25, 0.3) is 0 Å². The van der Waals surface area contributed by atoms with Crippen LogP contribution < -0.4 is 5.32 Å². The number of aromatic nitrogens is 2. The van der Waals surface area contributed by atoms with Gasteiger partial charge < -0.3 is 10.4 Å². The lowest BCUT2D eigenvalue weighted by Gasteiger charge is -2.12. The highest BCUT2D eigenvalue weighted by Crippen LogP contribution is 2.29. The minimum atomic E-state index is -1.00. The van der Waals surface area contributed by atoms with Gasteiger partial charge in [0.15, 0.2) is 0 Å². The number of benzene rings is 3. The number of rotatable bonds is 4. The summed E-state index contributed by atoms with van der Waals surface area (Å²) in [5, 5.41) is 13.4. The number of para-hydroxylation sites is 1. The zero-order valence-corrected chi connectivity index (χ0v) is 14.7. The minimum Gasteiger partial charge on any atom is -0.478 e. The molecule has 2 N–H and O–H groups in total. The minimum absolute atomic E-state index is 0.173. The van der Waals surface area contributed by atoms with Crippen molar-refractivity contribution in [2.45, 2.75) is 6.92 Å². The molecule has 1 aromatic heterocycles. The molecular formula is C22H17N3O2. The van der Waals surface area contributed by atoms with E-state index in [9.17, 15) is 9.90 Å². The van der Waals surface area contributed by atoms with Gasteiger partial charge in [0.05, 0.1) is 22.5 Å². The van der Waals surface area contributed by atoms with Gasteiger partial charge in [-0.1, -0.05) is 54.1 Å². The third kappa shape index (κ3) is 3.35. The molecule has 0 amide bonds. The number of nitrogens with one attached hydrogen (secondary N) is 1. The fraction of sp³-hybridized carbons (Fsp3) is 0.0455. The van der Waals surface area contributed by atoms with Crippen LogP contribution in [-0.4, -0.2) is 21.0 Å². The summed E-state index contributed by atoms with van der Waals surface area (Å²) in [5.41, 5.74) is 4.33. The summed E-state index contributed by atoms with van der Waals surface area (Å²) in [5.74, 6) is -0.642.